The van der Waals surface area contributed by atoms with Crippen LogP contribution in [0.5, 0.6) is 5.75 Å². The summed E-state index contributed by atoms with van der Waals surface area (Å²) in [6.45, 7) is 6.04. The summed E-state index contributed by atoms with van der Waals surface area (Å²) in [4.78, 5) is 12.3. The molecule has 3 rings (SSSR count). The van der Waals surface area contributed by atoms with Gasteiger partial charge in [-0.05, 0) is 63.4 Å². The van der Waals surface area contributed by atoms with Crippen molar-refractivity contribution in [3.05, 3.63) is 59.7 Å². The molecular formula is C20H24N2O2. The molecule has 24 heavy (non-hydrogen) atoms. The van der Waals surface area contributed by atoms with Crippen LogP contribution in [0.1, 0.15) is 37.8 Å². The van der Waals surface area contributed by atoms with Crippen molar-refractivity contribution in [3.8, 4) is 5.75 Å². The monoisotopic (exact) mass is 324 g/mol. The zero-order valence-corrected chi connectivity index (χ0v) is 14.4. The van der Waals surface area contributed by atoms with E-state index in [0.717, 1.165) is 24.3 Å². The van der Waals surface area contributed by atoms with Gasteiger partial charge in [-0.15, -0.1) is 0 Å². The molecule has 4 nitrogen and oxygen atoms in total. The highest BCUT2D eigenvalue weighted by Crippen LogP contribution is 2.45. The molecule has 0 aromatic heterocycles. The Morgan fingerprint density at radius 2 is 1.67 bits per heavy atom. The summed E-state index contributed by atoms with van der Waals surface area (Å²) in [5.41, 5.74) is 2.94. The summed E-state index contributed by atoms with van der Waals surface area (Å²) >= 11 is 0. The van der Waals surface area contributed by atoms with Gasteiger partial charge in [0.05, 0.1) is 11.6 Å². The minimum atomic E-state index is -0.210. The lowest BCUT2D eigenvalue weighted by molar-refractivity contribution is 0.242. The lowest BCUT2D eigenvalue weighted by atomic mass is 10.0. The molecule has 1 aliphatic rings. The normalized spacial score (nSPS) is 15.0. The molecule has 0 spiro atoms. The standard InChI is InChI=1S/C20H24N2O2/c1-14(2)24-18-10-8-17(9-11-18)21-19(23)22-20(12-13-20)16-6-4-15(3)5-7-16/h4-11,14H,12-13H2,1-3H3,(H2,21,22,23). The van der Waals surface area contributed by atoms with Gasteiger partial charge in [0.2, 0.25) is 0 Å². The van der Waals surface area contributed by atoms with Gasteiger partial charge in [0.25, 0.3) is 0 Å². The minimum Gasteiger partial charge on any atom is -0.491 e. The Morgan fingerprint density at radius 1 is 1.04 bits per heavy atom. The van der Waals surface area contributed by atoms with Crippen molar-refractivity contribution < 1.29 is 9.53 Å². The topological polar surface area (TPSA) is 50.4 Å². The predicted molar refractivity (Wildman–Crippen MR) is 96.5 cm³/mol. The molecule has 2 amide bonds. The molecule has 2 aromatic rings. The molecule has 126 valence electrons. The first kappa shape index (κ1) is 16.4. The second-order valence-electron chi connectivity index (χ2n) is 6.72. The van der Waals surface area contributed by atoms with Gasteiger partial charge in [-0.2, -0.15) is 0 Å². The van der Waals surface area contributed by atoms with Gasteiger partial charge in [0.15, 0.2) is 0 Å². The molecule has 2 N–H and O–H groups in total. The van der Waals surface area contributed by atoms with E-state index in [1.165, 1.54) is 11.1 Å². The van der Waals surface area contributed by atoms with Crippen molar-refractivity contribution >= 4 is 11.7 Å². The Hall–Kier alpha value is -2.49. The van der Waals surface area contributed by atoms with Crippen molar-refractivity contribution in [2.75, 3.05) is 5.32 Å². The lowest BCUT2D eigenvalue weighted by Gasteiger charge is -2.19. The van der Waals surface area contributed by atoms with Gasteiger partial charge in [-0.1, -0.05) is 29.8 Å². The average molecular weight is 324 g/mol. The van der Waals surface area contributed by atoms with Crippen molar-refractivity contribution in [2.45, 2.75) is 45.3 Å². The van der Waals surface area contributed by atoms with Crippen LogP contribution in [0, 0.1) is 6.92 Å². The number of hydrogen-bond donors (Lipinski definition) is 2. The Bertz CT molecular complexity index is 701. The molecule has 0 unspecified atom stereocenters. The number of anilines is 1. The van der Waals surface area contributed by atoms with E-state index in [-0.39, 0.29) is 17.7 Å². The summed E-state index contributed by atoms with van der Waals surface area (Å²) < 4.78 is 5.60. The van der Waals surface area contributed by atoms with Crippen LogP contribution in [0.15, 0.2) is 48.5 Å². The van der Waals surface area contributed by atoms with Crippen molar-refractivity contribution in [2.24, 2.45) is 0 Å². The number of urea groups is 1. The maximum Gasteiger partial charge on any atom is 0.319 e. The van der Waals surface area contributed by atoms with E-state index in [4.69, 9.17) is 4.74 Å². The van der Waals surface area contributed by atoms with Crippen LogP contribution in [0.2, 0.25) is 0 Å². The number of ether oxygens (including phenoxy) is 1. The molecule has 0 radical (unpaired) electrons. The van der Waals surface area contributed by atoms with Crippen LogP contribution in [0.3, 0.4) is 0 Å². The number of aryl methyl sites for hydroxylation is 1. The lowest BCUT2D eigenvalue weighted by Crippen LogP contribution is -2.38. The predicted octanol–water partition coefficient (Wildman–Crippen LogP) is 4.59. The molecule has 1 aliphatic carbocycles. The van der Waals surface area contributed by atoms with E-state index >= 15 is 0 Å². The number of benzene rings is 2. The SMILES string of the molecule is Cc1ccc(C2(NC(=O)Nc3ccc(OC(C)C)cc3)CC2)cc1. The summed E-state index contributed by atoms with van der Waals surface area (Å²) in [7, 11) is 0. The molecule has 0 atom stereocenters. The zero-order valence-electron chi connectivity index (χ0n) is 14.4. The van der Waals surface area contributed by atoms with Crippen molar-refractivity contribution in [1.82, 2.24) is 5.32 Å². The number of rotatable bonds is 5. The number of amides is 2. The second kappa shape index (κ2) is 6.56. The number of hydrogen-bond acceptors (Lipinski definition) is 2. The van der Waals surface area contributed by atoms with Crippen LogP contribution >= 0.6 is 0 Å². The Kier molecular flexibility index (Phi) is 4.47. The molecule has 1 saturated carbocycles. The smallest absolute Gasteiger partial charge is 0.319 e. The fourth-order valence-corrected chi connectivity index (χ4v) is 2.75. The number of nitrogens with one attached hydrogen (secondary N) is 2. The maximum atomic E-state index is 12.3. The van der Waals surface area contributed by atoms with E-state index in [2.05, 4.69) is 41.8 Å². The molecule has 0 heterocycles. The van der Waals surface area contributed by atoms with Crippen molar-refractivity contribution in [1.29, 1.82) is 0 Å². The zero-order chi connectivity index (χ0) is 17.2. The van der Waals surface area contributed by atoms with Gasteiger partial charge in [0, 0.05) is 5.69 Å². The summed E-state index contributed by atoms with van der Waals surface area (Å²) in [5.74, 6) is 0.800. The van der Waals surface area contributed by atoms with Crippen LogP contribution in [-0.2, 0) is 5.54 Å². The summed E-state index contributed by atoms with van der Waals surface area (Å²) in [5, 5.41) is 6.01. The van der Waals surface area contributed by atoms with E-state index in [0.29, 0.717) is 0 Å². The number of carbonyl (C=O) groups excluding carboxylic acids is 1. The van der Waals surface area contributed by atoms with E-state index in [9.17, 15) is 4.79 Å². The highest BCUT2D eigenvalue weighted by molar-refractivity contribution is 5.90. The molecule has 0 saturated heterocycles. The third-order valence-electron chi connectivity index (χ3n) is 4.19. The fourth-order valence-electron chi connectivity index (χ4n) is 2.75. The Labute approximate surface area is 143 Å². The van der Waals surface area contributed by atoms with Gasteiger partial charge in [0.1, 0.15) is 5.75 Å². The quantitative estimate of drug-likeness (QED) is 0.845. The first-order chi connectivity index (χ1) is 11.5. The first-order valence-corrected chi connectivity index (χ1v) is 8.40. The van der Waals surface area contributed by atoms with E-state index < -0.39 is 0 Å². The highest BCUT2D eigenvalue weighted by atomic mass is 16.5. The van der Waals surface area contributed by atoms with E-state index in [1.54, 1.807) is 0 Å². The number of carbonyl (C=O) groups is 1. The molecule has 2 aromatic carbocycles. The molecule has 1 fully saturated rings. The van der Waals surface area contributed by atoms with Crippen LogP contribution in [0.25, 0.3) is 0 Å². The highest BCUT2D eigenvalue weighted by Gasteiger charge is 2.45. The average Bonchev–Trinajstić information content (AvgIpc) is 3.30. The third-order valence-corrected chi connectivity index (χ3v) is 4.19. The first-order valence-electron chi connectivity index (χ1n) is 8.40. The Balaban J connectivity index is 1.60. The Morgan fingerprint density at radius 3 is 2.21 bits per heavy atom. The van der Waals surface area contributed by atoms with Gasteiger partial charge in [-0.25, -0.2) is 4.79 Å². The fraction of sp³-hybridized carbons (Fsp3) is 0.350. The largest absolute Gasteiger partial charge is 0.491 e. The minimum absolute atomic E-state index is 0.136. The van der Waals surface area contributed by atoms with Gasteiger partial charge in [-0.3, -0.25) is 0 Å². The summed E-state index contributed by atoms with van der Waals surface area (Å²) in [6, 6.07) is 15.6. The molecule has 0 aliphatic heterocycles. The third kappa shape index (κ3) is 3.88. The van der Waals surface area contributed by atoms with E-state index in [1.807, 2.05) is 38.1 Å². The van der Waals surface area contributed by atoms with Crippen LogP contribution in [-0.4, -0.2) is 12.1 Å². The second-order valence-corrected chi connectivity index (χ2v) is 6.72. The van der Waals surface area contributed by atoms with Crippen LogP contribution < -0.4 is 15.4 Å². The van der Waals surface area contributed by atoms with Gasteiger partial charge >= 0.3 is 6.03 Å². The summed E-state index contributed by atoms with van der Waals surface area (Å²) in [6.07, 6.45) is 2.09. The molecular weight excluding hydrogens is 300 g/mol. The van der Waals surface area contributed by atoms with Crippen LogP contribution in [0.4, 0.5) is 10.5 Å². The van der Waals surface area contributed by atoms with Crippen molar-refractivity contribution in [3.63, 3.8) is 0 Å². The van der Waals surface area contributed by atoms with Gasteiger partial charge < -0.3 is 15.4 Å². The molecule has 0 bridgehead atoms. The molecule has 4 heteroatoms. The maximum absolute atomic E-state index is 12.3.